The lowest BCUT2D eigenvalue weighted by atomic mass is 9.98. The number of hydrogen-bond donors (Lipinski definition) is 0. The molecule has 20 heavy (non-hydrogen) atoms. The Morgan fingerprint density at radius 2 is 1.25 bits per heavy atom. The molecule has 122 valence electrons. The normalized spacial score (nSPS) is 11.8. The van der Waals surface area contributed by atoms with Crippen molar-refractivity contribution >= 4 is 5.97 Å². The van der Waals surface area contributed by atoms with Gasteiger partial charge in [0.1, 0.15) is 0 Å². The first-order valence-electron chi connectivity index (χ1n) is 8.02. The fourth-order valence-corrected chi connectivity index (χ4v) is 1.54. The molecule has 0 aliphatic rings. The van der Waals surface area contributed by atoms with Gasteiger partial charge in [0.2, 0.25) is 0 Å². The van der Waals surface area contributed by atoms with Crippen LogP contribution in [0.4, 0.5) is 0 Å². The molecule has 0 heterocycles. The Morgan fingerprint density at radius 3 is 1.55 bits per heavy atom. The van der Waals surface area contributed by atoms with Crippen molar-refractivity contribution in [3.63, 3.8) is 0 Å². The Balaban J connectivity index is 0. The van der Waals surface area contributed by atoms with Crippen molar-refractivity contribution in [3.8, 4) is 0 Å². The molecule has 3 nitrogen and oxygen atoms in total. The highest BCUT2D eigenvalue weighted by Crippen LogP contribution is 2.09. The van der Waals surface area contributed by atoms with E-state index < -0.39 is 11.4 Å². The van der Waals surface area contributed by atoms with E-state index in [2.05, 4.69) is 28.1 Å². The number of aliphatic carboxylic acids is 1. The van der Waals surface area contributed by atoms with E-state index in [-0.39, 0.29) is 0 Å². The van der Waals surface area contributed by atoms with Crippen LogP contribution in [0.3, 0.4) is 0 Å². The molecule has 0 bridgehead atoms. The maximum absolute atomic E-state index is 9.91. The summed E-state index contributed by atoms with van der Waals surface area (Å²) in [5, 5.41) is 9.91. The van der Waals surface area contributed by atoms with Crippen molar-refractivity contribution in [1.29, 1.82) is 0 Å². The van der Waals surface area contributed by atoms with Crippen LogP contribution >= 0.6 is 0 Å². The predicted octanol–water partition coefficient (Wildman–Crippen LogP) is 3.23. The molecule has 0 aromatic heterocycles. The minimum Gasteiger partial charge on any atom is -0.550 e. The first-order valence-corrected chi connectivity index (χ1v) is 8.02. The number of hydrogen-bond acceptors (Lipinski definition) is 2. The van der Waals surface area contributed by atoms with Crippen LogP contribution in [0.15, 0.2) is 0 Å². The lowest BCUT2D eigenvalue weighted by Gasteiger charge is -2.23. The fourth-order valence-electron chi connectivity index (χ4n) is 1.54. The number of carboxylic acids is 1. The van der Waals surface area contributed by atoms with Crippen LogP contribution in [-0.4, -0.2) is 38.1 Å². The highest BCUT2D eigenvalue weighted by atomic mass is 16.4. The predicted molar refractivity (Wildman–Crippen MR) is 85.4 cm³/mol. The summed E-state index contributed by atoms with van der Waals surface area (Å²) in [6.07, 6.45) is 9.95. The summed E-state index contributed by atoms with van der Waals surface area (Å²) >= 11 is 0. The molecule has 0 rings (SSSR count). The molecule has 3 heteroatoms. The van der Waals surface area contributed by atoms with Crippen molar-refractivity contribution < 1.29 is 14.4 Å². The molecule has 0 aromatic carbocycles. The van der Waals surface area contributed by atoms with Crippen LogP contribution in [-0.2, 0) is 4.79 Å². The molecule has 0 saturated carbocycles. The average Bonchev–Trinajstić information content (AvgIpc) is 2.26. The number of nitrogens with zero attached hydrogens (tertiary/aromatic N) is 1. The third-order valence-electron chi connectivity index (χ3n) is 3.04. The molecule has 0 aliphatic carbocycles. The van der Waals surface area contributed by atoms with Gasteiger partial charge in [-0.25, -0.2) is 0 Å². The third-order valence-corrected chi connectivity index (χ3v) is 3.04. The summed E-state index contributed by atoms with van der Waals surface area (Å²) in [7, 11) is 6.82. The Kier molecular flexibility index (Phi) is 12.1. The minimum absolute atomic E-state index is 0.694. The number of carboxylic acid groups (broad SMARTS) is 1. The minimum atomic E-state index is -1.01. The zero-order valence-electron chi connectivity index (χ0n) is 14.9. The largest absolute Gasteiger partial charge is 0.550 e. The lowest BCUT2D eigenvalue weighted by Crippen LogP contribution is -2.35. The molecule has 0 saturated heterocycles. The zero-order chi connectivity index (χ0) is 16.2. The Labute approximate surface area is 127 Å². The molecule has 0 aromatic rings. The van der Waals surface area contributed by atoms with E-state index in [4.69, 9.17) is 0 Å². The summed E-state index contributed by atoms with van der Waals surface area (Å²) < 4.78 is 1.12. The first-order chi connectivity index (χ1) is 9.00. The van der Waals surface area contributed by atoms with Gasteiger partial charge in [0, 0.05) is 11.4 Å². The standard InChI is InChI=1S/C12H28N.C5H10O2/c1-5-6-7-8-9-10-11-12-13(2,3)4;1-5(2,3)4(6)7/h5-12H2,1-4H3;1-3H3,(H,6,7)/q+1;/p-1. The molecule has 0 spiro atoms. The van der Waals surface area contributed by atoms with Crippen LogP contribution in [0, 0.1) is 5.41 Å². The molecule has 0 radical (unpaired) electrons. The van der Waals surface area contributed by atoms with Crippen molar-refractivity contribution in [2.24, 2.45) is 5.41 Å². The van der Waals surface area contributed by atoms with Crippen LogP contribution in [0.2, 0.25) is 0 Å². The number of unbranched alkanes of at least 4 members (excludes halogenated alkanes) is 6. The smallest absolute Gasteiger partial charge is 0.0780 e. The lowest BCUT2D eigenvalue weighted by molar-refractivity contribution is -0.870. The molecule has 0 fully saturated rings. The third kappa shape index (κ3) is 19.8. The van der Waals surface area contributed by atoms with Crippen LogP contribution < -0.4 is 5.11 Å². The van der Waals surface area contributed by atoms with Crippen LogP contribution in [0.1, 0.15) is 72.6 Å². The Morgan fingerprint density at radius 1 is 0.900 bits per heavy atom. The summed E-state index contributed by atoms with van der Waals surface area (Å²) in [6.45, 7) is 8.40. The van der Waals surface area contributed by atoms with Crippen molar-refractivity contribution in [2.75, 3.05) is 27.7 Å². The highest BCUT2D eigenvalue weighted by Gasteiger charge is 2.09. The van der Waals surface area contributed by atoms with Crippen molar-refractivity contribution in [1.82, 2.24) is 0 Å². The molecular weight excluding hydrogens is 250 g/mol. The monoisotopic (exact) mass is 287 g/mol. The SMILES string of the molecule is CC(C)(C)C(=O)[O-].CCCCCCCCC[N+](C)(C)C. The van der Waals surface area contributed by atoms with Gasteiger partial charge in [0.05, 0.1) is 27.7 Å². The Hall–Kier alpha value is -0.570. The van der Waals surface area contributed by atoms with Crippen LogP contribution in [0.25, 0.3) is 0 Å². The Bertz CT molecular complexity index is 236. The molecule has 0 N–H and O–H groups in total. The number of rotatable bonds is 8. The van der Waals surface area contributed by atoms with E-state index in [1.807, 2.05) is 0 Å². The number of quaternary nitrogens is 1. The number of carbonyl (C=O) groups excluding carboxylic acids is 1. The van der Waals surface area contributed by atoms with Gasteiger partial charge in [-0.3, -0.25) is 0 Å². The fraction of sp³-hybridized carbons (Fsp3) is 0.941. The van der Waals surface area contributed by atoms with Crippen molar-refractivity contribution in [3.05, 3.63) is 0 Å². The summed E-state index contributed by atoms with van der Waals surface area (Å²) in [5.41, 5.74) is -0.694. The average molecular weight is 287 g/mol. The summed E-state index contributed by atoms with van der Waals surface area (Å²) in [5.74, 6) is -1.01. The summed E-state index contributed by atoms with van der Waals surface area (Å²) in [6, 6.07) is 0. The van der Waals surface area contributed by atoms with Gasteiger partial charge < -0.3 is 14.4 Å². The van der Waals surface area contributed by atoms with Gasteiger partial charge in [-0.15, -0.1) is 0 Å². The van der Waals surface area contributed by atoms with Crippen molar-refractivity contribution in [2.45, 2.75) is 72.6 Å². The van der Waals surface area contributed by atoms with Gasteiger partial charge >= 0.3 is 0 Å². The van der Waals surface area contributed by atoms with E-state index in [1.165, 1.54) is 51.5 Å². The van der Waals surface area contributed by atoms with E-state index in [0.29, 0.717) is 0 Å². The zero-order valence-corrected chi connectivity index (χ0v) is 14.9. The topological polar surface area (TPSA) is 40.1 Å². The highest BCUT2D eigenvalue weighted by molar-refractivity contribution is 5.70. The molecular formula is C17H37NO2. The first kappa shape index (κ1) is 21.7. The molecule has 0 atom stereocenters. The maximum Gasteiger partial charge on any atom is 0.0780 e. The second kappa shape index (κ2) is 11.1. The van der Waals surface area contributed by atoms with E-state index in [1.54, 1.807) is 20.8 Å². The maximum atomic E-state index is 9.91. The molecule has 0 unspecified atom stereocenters. The van der Waals surface area contributed by atoms with E-state index in [0.717, 1.165) is 4.48 Å². The molecule has 0 amide bonds. The van der Waals surface area contributed by atoms with Crippen LogP contribution in [0.5, 0.6) is 0 Å². The number of carbonyl (C=O) groups is 1. The van der Waals surface area contributed by atoms with Gasteiger partial charge in [0.15, 0.2) is 0 Å². The van der Waals surface area contributed by atoms with Gasteiger partial charge in [-0.2, -0.15) is 0 Å². The van der Waals surface area contributed by atoms with E-state index in [9.17, 15) is 9.90 Å². The second-order valence-corrected chi connectivity index (χ2v) is 7.67. The van der Waals surface area contributed by atoms with Gasteiger partial charge in [0.25, 0.3) is 0 Å². The van der Waals surface area contributed by atoms with E-state index >= 15 is 0 Å². The quantitative estimate of drug-likeness (QED) is 0.508. The molecule has 0 aliphatic heterocycles. The summed E-state index contributed by atoms with van der Waals surface area (Å²) in [4.78, 5) is 9.91. The second-order valence-electron chi connectivity index (χ2n) is 7.67. The van der Waals surface area contributed by atoms with Gasteiger partial charge in [-0.05, 0) is 12.8 Å². The van der Waals surface area contributed by atoms with Gasteiger partial charge in [-0.1, -0.05) is 59.8 Å².